The SMILES string of the molecule is CC(C)(C)c1ccc(N2CC3CC2CN3)nc1. The average molecular weight is 231 g/mol. The van der Waals surface area contributed by atoms with E-state index in [0.29, 0.717) is 12.1 Å². The van der Waals surface area contributed by atoms with Gasteiger partial charge in [0.2, 0.25) is 0 Å². The maximum Gasteiger partial charge on any atom is 0.128 e. The van der Waals surface area contributed by atoms with Gasteiger partial charge in [0.1, 0.15) is 5.82 Å². The zero-order chi connectivity index (χ0) is 12.0. The minimum atomic E-state index is 0.192. The van der Waals surface area contributed by atoms with E-state index in [1.54, 1.807) is 0 Å². The number of rotatable bonds is 1. The Balaban J connectivity index is 1.81. The highest BCUT2D eigenvalue weighted by Gasteiger charge is 2.38. The minimum absolute atomic E-state index is 0.192. The van der Waals surface area contributed by atoms with Gasteiger partial charge >= 0.3 is 0 Å². The molecule has 2 unspecified atom stereocenters. The second kappa shape index (κ2) is 3.70. The molecule has 2 bridgehead atoms. The number of anilines is 1. The van der Waals surface area contributed by atoms with Crippen molar-refractivity contribution in [2.24, 2.45) is 0 Å². The Labute approximate surface area is 103 Å². The molecular formula is C14H21N3. The largest absolute Gasteiger partial charge is 0.351 e. The molecule has 0 aromatic carbocycles. The minimum Gasteiger partial charge on any atom is -0.351 e. The second-order valence-corrected chi connectivity index (χ2v) is 6.30. The van der Waals surface area contributed by atoms with E-state index < -0.39 is 0 Å². The van der Waals surface area contributed by atoms with E-state index in [0.717, 1.165) is 18.9 Å². The Morgan fingerprint density at radius 1 is 1.35 bits per heavy atom. The van der Waals surface area contributed by atoms with Crippen LogP contribution in [0.5, 0.6) is 0 Å². The topological polar surface area (TPSA) is 28.2 Å². The van der Waals surface area contributed by atoms with E-state index in [9.17, 15) is 0 Å². The van der Waals surface area contributed by atoms with Crippen molar-refractivity contribution in [3.63, 3.8) is 0 Å². The first-order chi connectivity index (χ1) is 8.04. The Hall–Kier alpha value is -1.09. The summed E-state index contributed by atoms with van der Waals surface area (Å²) in [6.07, 6.45) is 3.32. The number of aromatic nitrogens is 1. The van der Waals surface area contributed by atoms with E-state index in [-0.39, 0.29) is 5.41 Å². The number of hydrogen-bond donors (Lipinski definition) is 1. The zero-order valence-electron chi connectivity index (χ0n) is 10.9. The highest BCUT2D eigenvalue weighted by molar-refractivity contribution is 5.44. The van der Waals surface area contributed by atoms with Crippen LogP contribution >= 0.6 is 0 Å². The Morgan fingerprint density at radius 2 is 2.18 bits per heavy atom. The fourth-order valence-electron chi connectivity index (χ4n) is 2.84. The van der Waals surface area contributed by atoms with Crippen LogP contribution in [-0.2, 0) is 5.41 Å². The number of nitrogens with one attached hydrogen (secondary N) is 1. The molecule has 2 saturated heterocycles. The number of nitrogens with zero attached hydrogens (tertiary/aromatic N) is 2. The van der Waals surface area contributed by atoms with Crippen molar-refractivity contribution in [1.29, 1.82) is 0 Å². The van der Waals surface area contributed by atoms with Gasteiger partial charge in [-0.1, -0.05) is 26.8 Å². The Kier molecular flexibility index (Phi) is 2.40. The first kappa shape index (κ1) is 11.0. The van der Waals surface area contributed by atoms with E-state index in [1.807, 2.05) is 6.20 Å². The third kappa shape index (κ3) is 1.93. The first-order valence-corrected chi connectivity index (χ1v) is 6.50. The second-order valence-electron chi connectivity index (χ2n) is 6.30. The summed E-state index contributed by atoms with van der Waals surface area (Å²) < 4.78 is 0. The lowest BCUT2D eigenvalue weighted by Gasteiger charge is -2.29. The summed E-state index contributed by atoms with van der Waals surface area (Å²) in [7, 11) is 0. The van der Waals surface area contributed by atoms with Crippen LogP contribution in [0.2, 0.25) is 0 Å². The van der Waals surface area contributed by atoms with Crippen molar-refractivity contribution < 1.29 is 0 Å². The molecule has 2 atom stereocenters. The zero-order valence-corrected chi connectivity index (χ0v) is 10.9. The summed E-state index contributed by atoms with van der Waals surface area (Å²) in [5, 5.41) is 3.52. The summed E-state index contributed by atoms with van der Waals surface area (Å²) >= 11 is 0. The van der Waals surface area contributed by atoms with E-state index in [2.05, 4.69) is 48.1 Å². The number of pyridine rings is 1. The normalized spacial score (nSPS) is 27.8. The van der Waals surface area contributed by atoms with Crippen molar-refractivity contribution in [2.45, 2.75) is 44.7 Å². The molecule has 1 N–H and O–H groups in total. The first-order valence-electron chi connectivity index (χ1n) is 6.50. The molecule has 2 aliphatic heterocycles. The molecule has 3 heterocycles. The van der Waals surface area contributed by atoms with E-state index >= 15 is 0 Å². The summed E-state index contributed by atoms with van der Waals surface area (Å²) in [6.45, 7) is 8.92. The van der Waals surface area contributed by atoms with Crippen LogP contribution in [0, 0.1) is 0 Å². The molecule has 0 amide bonds. The molecule has 1 aromatic heterocycles. The Morgan fingerprint density at radius 3 is 2.65 bits per heavy atom. The molecule has 0 radical (unpaired) electrons. The van der Waals surface area contributed by atoms with Gasteiger partial charge in [-0.05, 0) is 23.5 Å². The van der Waals surface area contributed by atoms with Crippen LogP contribution in [0.3, 0.4) is 0 Å². The van der Waals surface area contributed by atoms with Gasteiger partial charge in [0.25, 0.3) is 0 Å². The van der Waals surface area contributed by atoms with Crippen molar-refractivity contribution in [1.82, 2.24) is 10.3 Å². The molecule has 0 saturated carbocycles. The van der Waals surface area contributed by atoms with Gasteiger partial charge in [0, 0.05) is 31.4 Å². The molecule has 92 valence electrons. The summed E-state index contributed by atoms with van der Waals surface area (Å²) in [6, 6.07) is 5.75. The van der Waals surface area contributed by atoms with Gasteiger partial charge in [-0.15, -0.1) is 0 Å². The molecule has 1 aromatic rings. The van der Waals surface area contributed by atoms with Crippen LogP contribution in [0.4, 0.5) is 5.82 Å². The lowest BCUT2D eigenvalue weighted by atomic mass is 9.88. The van der Waals surface area contributed by atoms with Crippen LogP contribution < -0.4 is 10.2 Å². The van der Waals surface area contributed by atoms with E-state index in [1.165, 1.54) is 12.0 Å². The standard InChI is InChI=1S/C14H21N3/c1-14(2,3)10-4-5-13(16-7-10)17-9-11-6-12(17)8-15-11/h4-5,7,11-12,15H,6,8-9H2,1-3H3. The molecule has 3 rings (SSSR count). The Bertz CT molecular complexity index is 404. The highest BCUT2D eigenvalue weighted by Crippen LogP contribution is 2.29. The lowest BCUT2D eigenvalue weighted by molar-refractivity contribution is 0.572. The predicted octanol–water partition coefficient (Wildman–Crippen LogP) is 1.93. The molecule has 2 aliphatic rings. The maximum atomic E-state index is 4.64. The molecule has 2 fully saturated rings. The molecule has 3 nitrogen and oxygen atoms in total. The number of fused-ring (bicyclic) bond motifs is 2. The van der Waals surface area contributed by atoms with Crippen molar-refractivity contribution >= 4 is 5.82 Å². The molecule has 0 aliphatic carbocycles. The van der Waals surface area contributed by atoms with Gasteiger partial charge in [-0.2, -0.15) is 0 Å². The number of piperazine rings is 1. The molecular weight excluding hydrogens is 210 g/mol. The summed E-state index contributed by atoms with van der Waals surface area (Å²) in [5.74, 6) is 1.15. The predicted molar refractivity (Wildman–Crippen MR) is 70.5 cm³/mol. The highest BCUT2D eigenvalue weighted by atomic mass is 15.3. The van der Waals surface area contributed by atoms with Gasteiger partial charge in [-0.3, -0.25) is 0 Å². The fraction of sp³-hybridized carbons (Fsp3) is 0.643. The van der Waals surface area contributed by atoms with Crippen LogP contribution in [0.15, 0.2) is 18.3 Å². The van der Waals surface area contributed by atoms with Crippen LogP contribution in [0.1, 0.15) is 32.8 Å². The summed E-state index contributed by atoms with van der Waals surface area (Å²) in [4.78, 5) is 7.10. The molecule has 0 spiro atoms. The van der Waals surface area contributed by atoms with Crippen molar-refractivity contribution in [3.8, 4) is 0 Å². The van der Waals surface area contributed by atoms with Gasteiger partial charge in [0.15, 0.2) is 0 Å². The van der Waals surface area contributed by atoms with Gasteiger partial charge in [-0.25, -0.2) is 4.98 Å². The van der Waals surface area contributed by atoms with Crippen LogP contribution in [0.25, 0.3) is 0 Å². The lowest BCUT2D eigenvalue weighted by Crippen LogP contribution is -2.44. The molecule has 3 heteroatoms. The quantitative estimate of drug-likeness (QED) is 0.800. The smallest absolute Gasteiger partial charge is 0.128 e. The van der Waals surface area contributed by atoms with Crippen molar-refractivity contribution in [2.75, 3.05) is 18.0 Å². The average Bonchev–Trinajstić information content (AvgIpc) is 2.89. The number of hydrogen-bond acceptors (Lipinski definition) is 3. The summed E-state index contributed by atoms with van der Waals surface area (Å²) in [5.41, 5.74) is 1.50. The monoisotopic (exact) mass is 231 g/mol. The maximum absolute atomic E-state index is 4.64. The van der Waals surface area contributed by atoms with Crippen molar-refractivity contribution in [3.05, 3.63) is 23.9 Å². The third-order valence-corrected chi connectivity index (χ3v) is 3.96. The van der Waals surface area contributed by atoms with E-state index in [4.69, 9.17) is 0 Å². The third-order valence-electron chi connectivity index (χ3n) is 3.96. The molecule has 17 heavy (non-hydrogen) atoms. The van der Waals surface area contributed by atoms with Crippen LogP contribution in [-0.4, -0.2) is 30.2 Å². The van der Waals surface area contributed by atoms with Gasteiger partial charge < -0.3 is 10.2 Å². The fourth-order valence-corrected chi connectivity index (χ4v) is 2.84. The van der Waals surface area contributed by atoms with Gasteiger partial charge in [0.05, 0.1) is 0 Å².